The number of carbonyl (C=O) groups is 1. The molecule has 2 aliphatic heterocycles. The molecule has 1 aromatic carbocycles. The molecule has 0 amide bonds. The van der Waals surface area contributed by atoms with Crippen molar-refractivity contribution in [3.05, 3.63) is 41.1 Å². The van der Waals surface area contributed by atoms with Crippen LogP contribution in [0.3, 0.4) is 0 Å². The van der Waals surface area contributed by atoms with Crippen molar-refractivity contribution in [3.8, 4) is 0 Å². The van der Waals surface area contributed by atoms with Crippen LogP contribution in [0.1, 0.15) is 66.6 Å². The van der Waals surface area contributed by atoms with Gasteiger partial charge in [0.2, 0.25) is 5.95 Å². The molecule has 1 unspecified atom stereocenters. The Labute approximate surface area is 176 Å². The third kappa shape index (κ3) is 3.86. The van der Waals surface area contributed by atoms with Crippen LogP contribution in [0.25, 0.3) is 0 Å². The summed E-state index contributed by atoms with van der Waals surface area (Å²) in [6, 6.07) is 8.64. The second kappa shape index (κ2) is 8.22. The fourth-order valence-electron chi connectivity index (χ4n) is 4.64. The Bertz CT molecular complexity index is 925. The van der Waals surface area contributed by atoms with Gasteiger partial charge in [-0.3, -0.25) is 0 Å². The Morgan fingerprint density at radius 2 is 1.90 bits per heavy atom. The Hall–Kier alpha value is -2.67. The molecular formula is C23H28N4O3. The van der Waals surface area contributed by atoms with Gasteiger partial charge in [0.15, 0.2) is 5.69 Å². The lowest BCUT2D eigenvalue weighted by molar-refractivity contribution is 0.0524. The first-order valence-electron chi connectivity index (χ1n) is 11.0. The van der Waals surface area contributed by atoms with Gasteiger partial charge in [-0.2, -0.15) is 4.98 Å². The highest BCUT2D eigenvalue weighted by Crippen LogP contribution is 2.34. The summed E-state index contributed by atoms with van der Waals surface area (Å²) in [5, 5.41) is 3.40. The Kier molecular flexibility index (Phi) is 5.29. The zero-order chi connectivity index (χ0) is 20.5. The monoisotopic (exact) mass is 408 g/mol. The normalized spacial score (nSPS) is 22.0. The molecule has 1 aliphatic carbocycles. The van der Waals surface area contributed by atoms with Gasteiger partial charge in [0.05, 0.1) is 18.3 Å². The highest BCUT2D eigenvalue weighted by molar-refractivity contribution is 5.93. The number of cyclic esters (lactones) is 1. The maximum absolute atomic E-state index is 12.2. The minimum absolute atomic E-state index is 0.103. The van der Waals surface area contributed by atoms with Gasteiger partial charge in [0.1, 0.15) is 12.4 Å². The van der Waals surface area contributed by atoms with E-state index in [1.54, 1.807) is 0 Å². The number of nitrogens with zero attached hydrogens (tertiary/aromatic N) is 3. The molecule has 0 radical (unpaired) electrons. The molecular weight excluding hydrogens is 380 g/mol. The van der Waals surface area contributed by atoms with Crippen LogP contribution in [-0.4, -0.2) is 41.7 Å². The van der Waals surface area contributed by atoms with Gasteiger partial charge >= 0.3 is 5.97 Å². The van der Waals surface area contributed by atoms with E-state index < -0.39 is 0 Å². The highest BCUT2D eigenvalue weighted by Gasteiger charge is 2.30. The Balaban J connectivity index is 1.40. The SMILES string of the molecule is CC1CN(c2nc(Nc3ccc(C4CCCCC4)cc3)c3c(n2)C(=O)OC3)CCO1. The van der Waals surface area contributed by atoms with Gasteiger partial charge in [0, 0.05) is 18.8 Å². The zero-order valence-electron chi connectivity index (χ0n) is 17.4. The number of ether oxygens (including phenoxy) is 2. The maximum Gasteiger partial charge on any atom is 0.357 e. The molecule has 7 nitrogen and oxygen atoms in total. The molecule has 1 atom stereocenters. The minimum atomic E-state index is -0.384. The highest BCUT2D eigenvalue weighted by atomic mass is 16.5. The lowest BCUT2D eigenvalue weighted by Crippen LogP contribution is -2.42. The van der Waals surface area contributed by atoms with Crippen molar-refractivity contribution in [2.45, 2.75) is 57.7 Å². The molecule has 7 heteroatoms. The van der Waals surface area contributed by atoms with Crippen LogP contribution in [0.4, 0.5) is 17.5 Å². The van der Waals surface area contributed by atoms with Crippen molar-refractivity contribution in [2.75, 3.05) is 29.9 Å². The molecule has 0 spiro atoms. The molecule has 2 aromatic rings. The lowest BCUT2D eigenvalue weighted by Gasteiger charge is -2.31. The standard InChI is InChI=1S/C23H28N4O3/c1-15-13-27(11-12-29-15)23-25-20-19(14-30-22(20)28)21(26-23)24-18-9-7-17(8-10-18)16-5-3-2-4-6-16/h7-10,15-16H,2-6,11-14H2,1H3,(H,24,25,26). The van der Waals surface area contributed by atoms with Crippen LogP contribution in [0, 0.1) is 0 Å². The molecule has 158 valence electrons. The number of hydrogen-bond donors (Lipinski definition) is 1. The maximum atomic E-state index is 12.2. The fraction of sp³-hybridized carbons (Fsp3) is 0.522. The van der Waals surface area contributed by atoms with Gasteiger partial charge in [-0.15, -0.1) is 0 Å². The van der Waals surface area contributed by atoms with E-state index in [1.807, 2.05) is 6.92 Å². The summed E-state index contributed by atoms with van der Waals surface area (Å²) in [6.45, 7) is 4.26. The van der Waals surface area contributed by atoms with E-state index in [1.165, 1.54) is 37.7 Å². The molecule has 0 bridgehead atoms. The number of benzene rings is 1. The molecule has 1 saturated carbocycles. The van der Waals surface area contributed by atoms with Crippen LogP contribution in [0.5, 0.6) is 0 Å². The van der Waals surface area contributed by atoms with E-state index >= 15 is 0 Å². The Morgan fingerprint density at radius 3 is 2.67 bits per heavy atom. The summed E-state index contributed by atoms with van der Waals surface area (Å²) in [6.07, 6.45) is 6.69. The smallest absolute Gasteiger partial charge is 0.357 e. The molecule has 2 fully saturated rings. The average molecular weight is 409 g/mol. The van der Waals surface area contributed by atoms with Gasteiger partial charge in [0.25, 0.3) is 0 Å². The largest absolute Gasteiger partial charge is 0.456 e. The molecule has 3 heterocycles. The van der Waals surface area contributed by atoms with Crippen molar-refractivity contribution in [1.29, 1.82) is 0 Å². The van der Waals surface area contributed by atoms with Gasteiger partial charge in [-0.1, -0.05) is 31.4 Å². The van der Waals surface area contributed by atoms with Crippen molar-refractivity contribution in [3.63, 3.8) is 0 Å². The quantitative estimate of drug-likeness (QED) is 0.761. The summed E-state index contributed by atoms with van der Waals surface area (Å²) in [7, 11) is 0. The Morgan fingerprint density at radius 1 is 1.10 bits per heavy atom. The molecule has 5 rings (SSSR count). The molecule has 30 heavy (non-hydrogen) atoms. The van der Waals surface area contributed by atoms with E-state index in [-0.39, 0.29) is 18.7 Å². The number of aromatic nitrogens is 2. The van der Waals surface area contributed by atoms with E-state index in [4.69, 9.17) is 14.5 Å². The van der Waals surface area contributed by atoms with E-state index in [2.05, 4.69) is 39.5 Å². The third-order valence-corrected chi connectivity index (χ3v) is 6.31. The number of anilines is 3. The van der Waals surface area contributed by atoms with Crippen LogP contribution >= 0.6 is 0 Å². The van der Waals surface area contributed by atoms with E-state index in [0.717, 1.165) is 11.3 Å². The lowest BCUT2D eigenvalue weighted by atomic mass is 9.84. The number of esters is 1. The summed E-state index contributed by atoms with van der Waals surface area (Å²) in [5.74, 6) is 1.48. The number of hydrogen-bond acceptors (Lipinski definition) is 7. The second-order valence-electron chi connectivity index (χ2n) is 8.48. The number of rotatable bonds is 4. The summed E-state index contributed by atoms with van der Waals surface area (Å²) in [4.78, 5) is 23.5. The molecule has 1 N–H and O–H groups in total. The first kappa shape index (κ1) is 19.3. The number of fused-ring (bicyclic) bond motifs is 1. The second-order valence-corrected chi connectivity index (χ2v) is 8.48. The summed E-state index contributed by atoms with van der Waals surface area (Å²) >= 11 is 0. The predicted octanol–water partition coefficient (Wildman–Crippen LogP) is 4.16. The average Bonchev–Trinajstić information content (AvgIpc) is 3.16. The van der Waals surface area contributed by atoms with Gasteiger partial charge < -0.3 is 19.7 Å². The molecule has 1 aromatic heterocycles. The van der Waals surface area contributed by atoms with E-state index in [9.17, 15) is 4.79 Å². The number of carbonyl (C=O) groups excluding carboxylic acids is 1. The molecule has 3 aliphatic rings. The minimum Gasteiger partial charge on any atom is -0.456 e. The number of morpholine rings is 1. The zero-order valence-corrected chi connectivity index (χ0v) is 17.4. The van der Waals surface area contributed by atoms with Gasteiger partial charge in [-0.25, -0.2) is 9.78 Å². The van der Waals surface area contributed by atoms with Crippen LogP contribution in [0.2, 0.25) is 0 Å². The predicted molar refractivity (Wildman–Crippen MR) is 114 cm³/mol. The fourth-order valence-corrected chi connectivity index (χ4v) is 4.64. The van der Waals surface area contributed by atoms with Crippen molar-refractivity contribution >= 4 is 23.4 Å². The van der Waals surface area contributed by atoms with Crippen molar-refractivity contribution < 1.29 is 14.3 Å². The van der Waals surface area contributed by atoms with E-state index in [0.29, 0.717) is 43.1 Å². The number of nitrogens with one attached hydrogen (secondary N) is 1. The summed E-state index contributed by atoms with van der Waals surface area (Å²) < 4.78 is 10.9. The van der Waals surface area contributed by atoms with Crippen LogP contribution in [-0.2, 0) is 16.1 Å². The van der Waals surface area contributed by atoms with Crippen LogP contribution < -0.4 is 10.2 Å². The summed E-state index contributed by atoms with van der Waals surface area (Å²) in [5.41, 5.74) is 3.45. The van der Waals surface area contributed by atoms with Crippen LogP contribution in [0.15, 0.2) is 24.3 Å². The first-order chi connectivity index (χ1) is 14.7. The topological polar surface area (TPSA) is 76.6 Å². The first-order valence-corrected chi connectivity index (χ1v) is 11.0. The molecule has 1 saturated heterocycles. The van der Waals surface area contributed by atoms with Crippen molar-refractivity contribution in [2.24, 2.45) is 0 Å². The third-order valence-electron chi connectivity index (χ3n) is 6.31. The van der Waals surface area contributed by atoms with Crippen molar-refractivity contribution in [1.82, 2.24) is 9.97 Å². The van der Waals surface area contributed by atoms with Gasteiger partial charge in [-0.05, 0) is 43.4 Å².